The first-order chi connectivity index (χ1) is 15.6. The first-order valence-electron chi connectivity index (χ1n) is 9.80. The Kier molecular flexibility index (Phi) is 5.59. The topological polar surface area (TPSA) is 96.6 Å². The number of pyridine rings is 2. The highest BCUT2D eigenvalue weighted by Crippen LogP contribution is 2.33. The molecule has 168 valence electrons. The van der Waals surface area contributed by atoms with E-state index >= 15 is 0 Å². The van der Waals surface area contributed by atoms with E-state index in [1.165, 1.54) is 31.3 Å². The van der Waals surface area contributed by atoms with Gasteiger partial charge in [-0.2, -0.15) is 13.2 Å². The molecule has 10 heteroatoms. The summed E-state index contributed by atoms with van der Waals surface area (Å²) < 4.78 is 41.6. The van der Waals surface area contributed by atoms with Crippen LogP contribution in [0.1, 0.15) is 34.5 Å². The predicted molar refractivity (Wildman–Crippen MR) is 115 cm³/mol. The Morgan fingerprint density at radius 3 is 2.52 bits per heavy atom. The summed E-state index contributed by atoms with van der Waals surface area (Å²) in [6.45, 7) is 1.54. The molecule has 0 saturated carbocycles. The second-order valence-electron chi connectivity index (χ2n) is 7.29. The number of fused-ring (bicyclic) bond motifs is 1. The van der Waals surface area contributed by atoms with E-state index in [-0.39, 0.29) is 22.6 Å². The van der Waals surface area contributed by atoms with Crippen molar-refractivity contribution in [1.82, 2.24) is 14.4 Å². The number of halogens is 3. The van der Waals surface area contributed by atoms with Crippen molar-refractivity contribution in [2.75, 3.05) is 5.32 Å². The van der Waals surface area contributed by atoms with Gasteiger partial charge in [-0.1, -0.05) is 30.3 Å². The number of carboxylic acid groups (broad SMARTS) is 1. The van der Waals surface area contributed by atoms with Crippen LogP contribution in [-0.4, -0.2) is 25.4 Å². The van der Waals surface area contributed by atoms with Gasteiger partial charge in [-0.3, -0.25) is 9.20 Å². The molecule has 3 heterocycles. The van der Waals surface area contributed by atoms with Gasteiger partial charge >= 0.3 is 12.1 Å². The molecular weight excluding hydrogens is 437 g/mol. The number of anilines is 1. The van der Waals surface area contributed by atoms with Gasteiger partial charge in [0.1, 0.15) is 17.0 Å². The largest absolute Gasteiger partial charge is 0.478 e. The number of nitrogens with zero attached hydrogens (tertiary/aromatic N) is 3. The molecule has 0 fully saturated rings. The van der Waals surface area contributed by atoms with Gasteiger partial charge in [0.15, 0.2) is 0 Å². The molecule has 4 rings (SSSR count). The van der Waals surface area contributed by atoms with Gasteiger partial charge in [0.05, 0.1) is 17.3 Å². The summed E-state index contributed by atoms with van der Waals surface area (Å²) >= 11 is 0. The van der Waals surface area contributed by atoms with E-state index in [1.54, 1.807) is 30.3 Å². The molecule has 0 aliphatic carbocycles. The van der Waals surface area contributed by atoms with Crippen molar-refractivity contribution >= 4 is 17.4 Å². The summed E-state index contributed by atoms with van der Waals surface area (Å²) in [5, 5.41) is 12.2. The SMILES string of the molecule is C[C@@H](Nc1ncccc1C(=O)O)c1cc(C(F)(F)F)cn2c(=O)cc(-c3ccccc3)nc12. The van der Waals surface area contributed by atoms with Crippen LogP contribution in [-0.2, 0) is 6.18 Å². The molecule has 3 aromatic heterocycles. The summed E-state index contributed by atoms with van der Waals surface area (Å²) in [6.07, 6.45) is -2.64. The van der Waals surface area contributed by atoms with E-state index in [4.69, 9.17) is 0 Å². The maximum Gasteiger partial charge on any atom is 0.417 e. The molecule has 7 nitrogen and oxygen atoms in total. The molecule has 2 N–H and O–H groups in total. The molecule has 1 atom stereocenters. The number of benzene rings is 1. The maximum absolute atomic E-state index is 13.6. The normalized spacial score (nSPS) is 12.5. The summed E-state index contributed by atoms with van der Waals surface area (Å²) in [6, 6.07) is 12.7. The molecule has 0 amide bonds. The zero-order valence-electron chi connectivity index (χ0n) is 17.2. The van der Waals surface area contributed by atoms with E-state index in [9.17, 15) is 27.9 Å². The number of hydrogen-bond acceptors (Lipinski definition) is 5. The minimum atomic E-state index is -4.71. The minimum absolute atomic E-state index is 0.0159. The monoisotopic (exact) mass is 454 g/mol. The Morgan fingerprint density at radius 2 is 1.85 bits per heavy atom. The second-order valence-corrected chi connectivity index (χ2v) is 7.29. The smallest absolute Gasteiger partial charge is 0.417 e. The molecule has 0 unspecified atom stereocenters. The Bertz CT molecular complexity index is 1400. The van der Waals surface area contributed by atoms with Crippen molar-refractivity contribution in [1.29, 1.82) is 0 Å². The van der Waals surface area contributed by atoms with E-state index < -0.39 is 29.3 Å². The fourth-order valence-corrected chi connectivity index (χ4v) is 3.43. The van der Waals surface area contributed by atoms with Gasteiger partial charge in [-0.25, -0.2) is 14.8 Å². The predicted octanol–water partition coefficient (Wildman–Crippen LogP) is 4.65. The molecule has 0 aliphatic heterocycles. The zero-order chi connectivity index (χ0) is 23.8. The number of nitrogens with one attached hydrogen (secondary N) is 1. The standard InChI is InChI=1S/C23H17F3N4O3/c1-13(28-20-16(22(32)33)8-5-9-27-20)17-10-15(23(24,25)26)12-30-19(31)11-18(29-21(17)30)14-6-3-2-4-7-14/h2-13H,1H3,(H,27,28)(H,32,33)/t13-/m1/s1. The number of carbonyl (C=O) groups is 1. The van der Waals surface area contributed by atoms with Crippen molar-refractivity contribution in [2.24, 2.45) is 0 Å². The highest BCUT2D eigenvalue weighted by molar-refractivity contribution is 5.93. The summed E-state index contributed by atoms with van der Waals surface area (Å²) in [5.41, 5.74) is -0.851. The van der Waals surface area contributed by atoms with Gasteiger partial charge < -0.3 is 10.4 Å². The number of aromatic carboxylic acids is 1. The zero-order valence-corrected chi connectivity index (χ0v) is 17.2. The van der Waals surface area contributed by atoms with Crippen molar-refractivity contribution in [2.45, 2.75) is 19.1 Å². The van der Waals surface area contributed by atoms with E-state index in [0.29, 0.717) is 17.5 Å². The molecular formula is C23H17F3N4O3. The van der Waals surface area contributed by atoms with Gasteiger partial charge in [0, 0.05) is 29.6 Å². The molecule has 0 bridgehead atoms. The summed E-state index contributed by atoms with van der Waals surface area (Å²) in [4.78, 5) is 32.7. The quantitative estimate of drug-likeness (QED) is 0.456. The summed E-state index contributed by atoms with van der Waals surface area (Å²) in [5.74, 6) is -1.26. The number of aromatic nitrogens is 3. The lowest BCUT2D eigenvalue weighted by atomic mass is 10.1. The lowest BCUT2D eigenvalue weighted by Gasteiger charge is -2.20. The number of rotatable bonds is 5. The van der Waals surface area contributed by atoms with Gasteiger partial charge in [0.25, 0.3) is 5.56 Å². The Morgan fingerprint density at radius 1 is 1.12 bits per heavy atom. The Hall–Kier alpha value is -4.21. The van der Waals surface area contributed by atoms with Crippen LogP contribution in [0.15, 0.2) is 71.8 Å². The van der Waals surface area contributed by atoms with Crippen LogP contribution >= 0.6 is 0 Å². The molecule has 0 spiro atoms. The average molecular weight is 454 g/mol. The molecule has 0 radical (unpaired) electrons. The number of hydrogen-bond donors (Lipinski definition) is 2. The Balaban J connectivity index is 1.92. The highest BCUT2D eigenvalue weighted by atomic mass is 19.4. The lowest BCUT2D eigenvalue weighted by molar-refractivity contribution is -0.137. The third kappa shape index (κ3) is 4.40. The third-order valence-electron chi connectivity index (χ3n) is 5.04. The van der Waals surface area contributed by atoms with E-state index in [0.717, 1.165) is 10.5 Å². The van der Waals surface area contributed by atoms with Crippen molar-refractivity contribution < 1.29 is 23.1 Å². The van der Waals surface area contributed by atoms with Crippen LogP contribution in [0.2, 0.25) is 0 Å². The first kappa shape index (κ1) is 22.0. The van der Waals surface area contributed by atoms with Gasteiger partial charge in [0.2, 0.25) is 0 Å². The highest BCUT2D eigenvalue weighted by Gasteiger charge is 2.33. The van der Waals surface area contributed by atoms with Crippen LogP contribution < -0.4 is 10.9 Å². The van der Waals surface area contributed by atoms with Crippen LogP contribution in [0, 0.1) is 0 Å². The first-order valence-corrected chi connectivity index (χ1v) is 9.80. The number of alkyl halides is 3. The maximum atomic E-state index is 13.6. The van der Waals surface area contributed by atoms with Crippen LogP contribution in [0.25, 0.3) is 16.9 Å². The third-order valence-corrected chi connectivity index (χ3v) is 5.04. The Labute approximate surface area is 185 Å². The fourth-order valence-electron chi connectivity index (χ4n) is 3.43. The van der Waals surface area contributed by atoms with E-state index in [2.05, 4.69) is 15.3 Å². The second kappa shape index (κ2) is 8.38. The molecule has 0 aliphatic rings. The lowest BCUT2D eigenvalue weighted by Crippen LogP contribution is -2.21. The van der Waals surface area contributed by atoms with Gasteiger partial charge in [-0.05, 0) is 25.1 Å². The van der Waals surface area contributed by atoms with E-state index in [1.807, 2.05) is 0 Å². The molecule has 33 heavy (non-hydrogen) atoms. The van der Waals surface area contributed by atoms with Crippen molar-refractivity contribution in [3.63, 3.8) is 0 Å². The minimum Gasteiger partial charge on any atom is -0.478 e. The van der Waals surface area contributed by atoms with Crippen LogP contribution in [0.4, 0.5) is 19.0 Å². The van der Waals surface area contributed by atoms with Crippen molar-refractivity contribution in [3.05, 3.63) is 94.0 Å². The van der Waals surface area contributed by atoms with Gasteiger partial charge in [-0.15, -0.1) is 0 Å². The molecule has 1 aromatic carbocycles. The molecule has 4 aromatic rings. The summed E-state index contributed by atoms with van der Waals surface area (Å²) in [7, 11) is 0. The van der Waals surface area contributed by atoms with Crippen molar-refractivity contribution in [3.8, 4) is 11.3 Å². The van der Waals surface area contributed by atoms with Crippen LogP contribution in [0.5, 0.6) is 0 Å². The number of carboxylic acids is 1. The fraction of sp³-hybridized carbons (Fsp3) is 0.130. The van der Waals surface area contributed by atoms with Crippen LogP contribution in [0.3, 0.4) is 0 Å². The average Bonchev–Trinajstić information content (AvgIpc) is 2.78. The molecule has 0 saturated heterocycles.